The van der Waals surface area contributed by atoms with E-state index in [0.29, 0.717) is 6.29 Å². The molecule has 1 aromatic rings. The van der Waals surface area contributed by atoms with Crippen LogP contribution in [0.25, 0.3) is 0 Å². The maximum absolute atomic E-state index is 10.1. The van der Waals surface area contributed by atoms with Crippen LogP contribution in [0.4, 0.5) is 0 Å². The van der Waals surface area contributed by atoms with Crippen molar-refractivity contribution in [1.29, 1.82) is 0 Å². The maximum Gasteiger partial charge on any atom is 0.371 e. The normalized spacial score (nSPS) is 9.20. The summed E-state index contributed by atoms with van der Waals surface area (Å²) in [7, 11) is 0. The summed E-state index contributed by atoms with van der Waals surface area (Å²) in [6, 6.07) is 2.53. The van der Waals surface area contributed by atoms with E-state index in [4.69, 9.17) is 5.11 Å². The minimum Gasteiger partial charge on any atom is -0.475 e. The van der Waals surface area contributed by atoms with Gasteiger partial charge >= 0.3 is 5.97 Å². The molecule has 0 aliphatic rings. The SMILES string of the molecule is O=[13CH][13c]1[13cH][13cH][13c]([13C](=O)O)o1. The van der Waals surface area contributed by atoms with Crippen molar-refractivity contribution in [2.24, 2.45) is 0 Å². The van der Waals surface area contributed by atoms with Crippen LogP contribution < -0.4 is 0 Å². The Kier molecular flexibility index (Phi) is 1.53. The summed E-state index contributed by atoms with van der Waals surface area (Å²) in [6.45, 7) is 0. The van der Waals surface area contributed by atoms with Crippen molar-refractivity contribution in [1.82, 2.24) is 0 Å². The summed E-state index contributed by atoms with van der Waals surface area (Å²) in [4.78, 5) is 20.1. The first kappa shape index (κ1) is 6.54. The van der Waals surface area contributed by atoms with Gasteiger partial charge in [0, 0.05) is 0 Å². The van der Waals surface area contributed by atoms with Crippen molar-refractivity contribution >= 4 is 12.3 Å². The Bertz CT molecular complexity index is 260. The van der Waals surface area contributed by atoms with E-state index >= 15 is 0 Å². The van der Waals surface area contributed by atoms with E-state index < -0.39 is 5.97 Å². The molecule has 0 amide bonds. The number of furan rings is 1. The summed E-state index contributed by atoms with van der Waals surface area (Å²) >= 11 is 0. The Hall–Kier alpha value is -1.58. The van der Waals surface area contributed by atoms with Crippen molar-refractivity contribution in [2.75, 3.05) is 0 Å². The Balaban J connectivity index is 2.98. The molecule has 0 unspecified atom stereocenters. The van der Waals surface area contributed by atoms with Gasteiger partial charge in [0.15, 0.2) is 12.0 Å². The number of carboxylic acid groups (broad SMARTS) is 1. The summed E-state index contributed by atoms with van der Waals surface area (Å²) < 4.78 is 4.53. The molecule has 0 fully saturated rings. The lowest BCUT2D eigenvalue weighted by Crippen LogP contribution is -1.91. The van der Waals surface area contributed by atoms with Gasteiger partial charge in [-0.25, -0.2) is 4.79 Å². The number of aromatic carboxylic acids is 1. The number of hydrogen-bond acceptors (Lipinski definition) is 3. The zero-order valence-electron chi connectivity index (χ0n) is 4.90. The van der Waals surface area contributed by atoms with Crippen LogP contribution in [0.5, 0.6) is 0 Å². The highest BCUT2D eigenvalue weighted by atomic mass is 16.6. The summed E-state index contributed by atoms with van der Waals surface area (Å²) in [5.74, 6) is -1.37. The first-order valence-electron chi connectivity index (χ1n) is 2.52. The molecule has 1 rings (SSSR count). The maximum atomic E-state index is 10.1. The Morgan fingerprint density at radius 2 is 2.30 bits per heavy atom. The average molecular weight is 146 g/mol. The third kappa shape index (κ3) is 1.05. The predicted octanol–water partition coefficient (Wildman–Crippen LogP) is 0.790. The van der Waals surface area contributed by atoms with Crippen LogP contribution in [0, 0.1) is 0 Å². The van der Waals surface area contributed by atoms with E-state index in [9.17, 15) is 9.59 Å². The monoisotopic (exact) mass is 146 g/mol. The molecule has 1 aromatic heterocycles. The van der Waals surface area contributed by atoms with Gasteiger partial charge in [-0.15, -0.1) is 0 Å². The van der Waals surface area contributed by atoms with Crippen LogP contribution in [-0.2, 0) is 0 Å². The third-order valence-corrected chi connectivity index (χ3v) is 0.954. The van der Waals surface area contributed by atoms with E-state index in [1.54, 1.807) is 0 Å². The molecule has 0 aliphatic carbocycles. The number of aldehydes is 1. The molecule has 1 heterocycles. The van der Waals surface area contributed by atoms with Gasteiger partial charge in [-0.2, -0.15) is 0 Å². The predicted molar refractivity (Wildman–Crippen MR) is 31.1 cm³/mol. The van der Waals surface area contributed by atoms with E-state index in [1.165, 1.54) is 12.1 Å². The van der Waals surface area contributed by atoms with E-state index in [1.807, 2.05) is 0 Å². The van der Waals surface area contributed by atoms with E-state index in [2.05, 4.69) is 4.42 Å². The summed E-state index contributed by atoms with van der Waals surface area (Å²) in [5.41, 5.74) is 0. The molecule has 0 atom stereocenters. The Morgan fingerprint density at radius 3 is 2.60 bits per heavy atom. The highest BCUT2D eigenvalue weighted by Crippen LogP contribution is 2.04. The largest absolute Gasteiger partial charge is 0.475 e. The first-order chi connectivity index (χ1) is 4.74. The van der Waals surface area contributed by atoms with Crippen LogP contribution in [0.3, 0.4) is 0 Å². The van der Waals surface area contributed by atoms with Crippen LogP contribution in [0.2, 0.25) is 0 Å². The lowest BCUT2D eigenvalue weighted by molar-refractivity contribution is 0.0661. The molecule has 0 aromatic carbocycles. The van der Waals surface area contributed by atoms with Crippen LogP contribution in [-0.4, -0.2) is 17.4 Å². The molecule has 0 radical (unpaired) electrons. The molecule has 4 nitrogen and oxygen atoms in total. The average Bonchev–Trinajstić information content (AvgIpc) is 2.34. The van der Waals surface area contributed by atoms with Gasteiger partial charge in [-0.1, -0.05) is 0 Å². The standard InChI is InChI=1S/C6H4O4/c7-3-4-1-2-5(10-4)6(8)9/h1-3H,(H,8,9)/i1+1,2+1,3+1,4+1,5+1,6+1. The number of hydrogen-bond donors (Lipinski definition) is 1. The highest BCUT2D eigenvalue weighted by molar-refractivity contribution is 5.85. The Morgan fingerprint density at radius 1 is 1.60 bits per heavy atom. The van der Waals surface area contributed by atoms with E-state index in [0.717, 1.165) is 0 Å². The molecular weight excluding hydrogens is 142 g/mol. The molecule has 0 bridgehead atoms. The number of rotatable bonds is 2. The third-order valence-electron chi connectivity index (χ3n) is 0.954. The van der Waals surface area contributed by atoms with Crippen molar-refractivity contribution in [2.45, 2.75) is 0 Å². The van der Waals surface area contributed by atoms with Crippen molar-refractivity contribution in [3.63, 3.8) is 0 Å². The van der Waals surface area contributed by atoms with Crippen molar-refractivity contribution in [3.8, 4) is 0 Å². The molecule has 0 aliphatic heterocycles. The van der Waals surface area contributed by atoms with Gasteiger partial charge in [0.1, 0.15) is 0 Å². The second-order valence-corrected chi connectivity index (χ2v) is 1.63. The van der Waals surface area contributed by atoms with Crippen molar-refractivity contribution in [3.05, 3.63) is 23.7 Å². The quantitative estimate of drug-likeness (QED) is 0.494. The zero-order chi connectivity index (χ0) is 7.56. The van der Waals surface area contributed by atoms with Crippen LogP contribution in [0.1, 0.15) is 21.1 Å². The Labute approximate surface area is 56.1 Å². The molecule has 0 spiro atoms. The second kappa shape index (κ2) is 2.34. The molecule has 4 heteroatoms. The fourth-order valence-corrected chi connectivity index (χ4v) is 0.531. The van der Waals surface area contributed by atoms with Crippen LogP contribution in [0.15, 0.2) is 16.5 Å². The summed E-state index contributed by atoms with van der Waals surface area (Å²) in [5, 5.41) is 8.28. The fourth-order valence-electron chi connectivity index (χ4n) is 0.531. The van der Waals surface area contributed by atoms with Crippen LogP contribution >= 0.6 is 0 Å². The van der Waals surface area contributed by atoms with E-state index in [-0.39, 0.29) is 11.5 Å². The lowest BCUT2D eigenvalue weighted by Gasteiger charge is -1.81. The minimum atomic E-state index is -1.17. The molecule has 52 valence electrons. The molecule has 1 N–H and O–H groups in total. The molecule has 0 saturated carbocycles. The topological polar surface area (TPSA) is 67.5 Å². The number of carbonyl (C=O) groups is 2. The van der Waals surface area contributed by atoms with Gasteiger partial charge in [0.05, 0.1) is 0 Å². The number of carbonyl (C=O) groups excluding carboxylic acids is 1. The lowest BCUT2D eigenvalue weighted by atomic mass is 11.4. The zero-order valence-corrected chi connectivity index (χ0v) is 4.90. The van der Waals surface area contributed by atoms with Gasteiger partial charge in [0.2, 0.25) is 5.76 Å². The van der Waals surface area contributed by atoms with Crippen molar-refractivity contribution < 1.29 is 19.1 Å². The van der Waals surface area contributed by atoms with Gasteiger partial charge in [-0.05, 0) is 12.1 Å². The number of carboxylic acids is 1. The van der Waals surface area contributed by atoms with Gasteiger partial charge in [0.25, 0.3) is 0 Å². The first-order valence-corrected chi connectivity index (χ1v) is 2.52. The second-order valence-electron chi connectivity index (χ2n) is 1.63. The highest BCUT2D eigenvalue weighted by Gasteiger charge is 2.06. The fraction of sp³-hybridized carbons (Fsp3) is 0. The van der Waals surface area contributed by atoms with Gasteiger partial charge < -0.3 is 9.52 Å². The minimum absolute atomic E-state index is 0.0254. The molecule has 10 heavy (non-hydrogen) atoms. The molecule has 0 saturated heterocycles. The smallest absolute Gasteiger partial charge is 0.371 e. The molecular formula is C6H4O4. The summed E-state index contributed by atoms with van der Waals surface area (Å²) in [6.07, 6.45) is 0.451. The van der Waals surface area contributed by atoms with Gasteiger partial charge in [-0.3, -0.25) is 4.79 Å².